The zero-order chi connectivity index (χ0) is 14.8. The number of aliphatic hydroxyl groups excluding tert-OH is 1. The molecule has 0 heterocycles. The lowest BCUT2D eigenvalue weighted by molar-refractivity contribution is 0.153. The van der Waals surface area contributed by atoms with Crippen LogP contribution in [0.5, 0.6) is 0 Å². The average Bonchev–Trinajstić information content (AvgIpc) is 2.47. The number of hydrogen-bond donors (Lipinski definition) is 1. The molecule has 2 aromatic carbocycles. The maximum absolute atomic E-state index is 13.2. The molecule has 2 unspecified atom stereocenters. The highest BCUT2D eigenvalue weighted by molar-refractivity contribution is 14.1. The monoisotopic (exact) mass is 396 g/mol. The molecule has 0 bridgehead atoms. The zero-order valence-corrected chi connectivity index (χ0v) is 13.9. The Labute approximate surface area is 138 Å². The van der Waals surface area contributed by atoms with E-state index in [0.29, 0.717) is 12.3 Å². The van der Waals surface area contributed by atoms with Gasteiger partial charge in [0.15, 0.2) is 0 Å². The van der Waals surface area contributed by atoms with Crippen LogP contribution in [0.25, 0.3) is 0 Å². The van der Waals surface area contributed by atoms with E-state index in [1.165, 1.54) is 29.7 Å². The molecule has 2 atom stereocenters. The van der Waals surface area contributed by atoms with Crippen LogP contribution in [0.4, 0.5) is 4.39 Å². The highest BCUT2D eigenvalue weighted by Gasteiger charge is 2.24. The number of rotatable bonds is 3. The first-order valence-corrected chi connectivity index (χ1v) is 8.44. The summed E-state index contributed by atoms with van der Waals surface area (Å²) in [6.45, 7) is 0. The smallest absolute Gasteiger partial charge is 0.124 e. The summed E-state index contributed by atoms with van der Waals surface area (Å²) < 4.78 is 14.0. The Morgan fingerprint density at radius 3 is 2.86 bits per heavy atom. The fraction of sp³-hybridized carbons (Fsp3) is 0.333. The SMILES string of the molecule is OC(CC1CCCc2ccccc21)c1ccc(F)cc1I. The molecule has 0 amide bonds. The highest BCUT2D eigenvalue weighted by atomic mass is 127. The van der Waals surface area contributed by atoms with Crippen molar-refractivity contribution in [2.24, 2.45) is 0 Å². The van der Waals surface area contributed by atoms with Crippen molar-refractivity contribution in [3.8, 4) is 0 Å². The zero-order valence-electron chi connectivity index (χ0n) is 11.7. The van der Waals surface area contributed by atoms with Crippen LogP contribution in [0, 0.1) is 9.39 Å². The van der Waals surface area contributed by atoms with E-state index in [1.54, 1.807) is 6.07 Å². The van der Waals surface area contributed by atoms with Crippen LogP contribution >= 0.6 is 22.6 Å². The minimum Gasteiger partial charge on any atom is -0.388 e. The third-order valence-electron chi connectivity index (χ3n) is 4.32. The molecule has 0 radical (unpaired) electrons. The van der Waals surface area contributed by atoms with Gasteiger partial charge in [-0.25, -0.2) is 4.39 Å². The third-order valence-corrected chi connectivity index (χ3v) is 5.26. The maximum Gasteiger partial charge on any atom is 0.124 e. The summed E-state index contributed by atoms with van der Waals surface area (Å²) in [6.07, 6.45) is 3.60. The third kappa shape index (κ3) is 3.29. The van der Waals surface area contributed by atoms with E-state index in [1.807, 2.05) is 0 Å². The average molecular weight is 396 g/mol. The van der Waals surface area contributed by atoms with E-state index in [0.717, 1.165) is 22.0 Å². The van der Waals surface area contributed by atoms with E-state index in [9.17, 15) is 9.50 Å². The fourth-order valence-corrected chi connectivity index (χ4v) is 4.10. The van der Waals surface area contributed by atoms with Gasteiger partial charge in [-0.1, -0.05) is 30.3 Å². The Morgan fingerprint density at radius 1 is 1.24 bits per heavy atom. The molecule has 0 aliphatic heterocycles. The van der Waals surface area contributed by atoms with E-state index < -0.39 is 6.10 Å². The van der Waals surface area contributed by atoms with Gasteiger partial charge in [-0.2, -0.15) is 0 Å². The van der Waals surface area contributed by atoms with Gasteiger partial charge in [-0.05, 0) is 83.0 Å². The standard InChI is InChI=1S/C18H18FIO/c19-14-8-9-16(17(20)11-14)18(21)10-13-6-3-5-12-4-1-2-7-15(12)13/h1-2,4,7-9,11,13,18,21H,3,5-6,10H2. The van der Waals surface area contributed by atoms with Crippen molar-refractivity contribution in [2.75, 3.05) is 0 Å². The number of aryl methyl sites for hydroxylation is 1. The molecular weight excluding hydrogens is 378 g/mol. The summed E-state index contributed by atoms with van der Waals surface area (Å²) >= 11 is 2.10. The van der Waals surface area contributed by atoms with Crippen molar-refractivity contribution in [3.05, 3.63) is 68.5 Å². The molecule has 3 rings (SSSR count). The van der Waals surface area contributed by atoms with E-state index in [4.69, 9.17) is 0 Å². The van der Waals surface area contributed by atoms with Crippen molar-refractivity contribution in [1.82, 2.24) is 0 Å². The van der Waals surface area contributed by atoms with Crippen molar-refractivity contribution >= 4 is 22.6 Å². The first-order chi connectivity index (χ1) is 10.1. The Hall–Kier alpha value is -0.940. The van der Waals surface area contributed by atoms with Crippen LogP contribution in [-0.4, -0.2) is 5.11 Å². The molecule has 1 aliphatic rings. The Balaban J connectivity index is 1.81. The number of hydrogen-bond acceptors (Lipinski definition) is 1. The fourth-order valence-electron chi connectivity index (χ4n) is 3.27. The molecule has 3 heteroatoms. The highest BCUT2D eigenvalue weighted by Crippen LogP contribution is 2.38. The minimum absolute atomic E-state index is 0.252. The Bertz CT molecular complexity index is 641. The molecule has 21 heavy (non-hydrogen) atoms. The predicted octanol–water partition coefficient (Wildman–Crippen LogP) is 4.97. The van der Waals surface area contributed by atoms with Gasteiger partial charge in [0.2, 0.25) is 0 Å². The van der Waals surface area contributed by atoms with E-state index in [-0.39, 0.29) is 5.82 Å². The van der Waals surface area contributed by atoms with E-state index >= 15 is 0 Å². The molecule has 110 valence electrons. The molecule has 0 saturated heterocycles. The van der Waals surface area contributed by atoms with Gasteiger partial charge < -0.3 is 5.11 Å². The van der Waals surface area contributed by atoms with Crippen LogP contribution < -0.4 is 0 Å². The molecule has 0 aromatic heterocycles. The van der Waals surface area contributed by atoms with Gasteiger partial charge in [0.1, 0.15) is 5.82 Å². The maximum atomic E-state index is 13.2. The second-order valence-electron chi connectivity index (χ2n) is 5.71. The molecule has 1 N–H and O–H groups in total. The van der Waals surface area contributed by atoms with Gasteiger partial charge >= 0.3 is 0 Å². The molecular formula is C18H18FIO. The topological polar surface area (TPSA) is 20.2 Å². The van der Waals surface area contributed by atoms with Crippen LogP contribution in [0.2, 0.25) is 0 Å². The summed E-state index contributed by atoms with van der Waals surface area (Å²) in [7, 11) is 0. The lowest BCUT2D eigenvalue weighted by atomic mass is 9.79. The van der Waals surface area contributed by atoms with E-state index in [2.05, 4.69) is 46.9 Å². The summed E-state index contributed by atoms with van der Waals surface area (Å²) in [5.41, 5.74) is 3.62. The van der Waals surface area contributed by atoms with Crippen LogP contribution in [0.15, 0.2) is 42.5 Å². The summed E-state index contributed by atoms with van der Waals surface area (Å²) in [6, 6.07) is 13.1. The molecule has 1 aliphatic carbocycles. The number of halogens is 2. The minimum atomic E-state index is -0.534. The lowest BCUT2D eigenvalue weighted by Crippen LogP contribution is -2.13. The quantitative estimate of drug-likeness (QED) is 0.727. The van der Waals surface area contributed by atoms with Crippen LogP contribution in [0.3, 0.4) is 0 Å². The van der Waals surface area contributed by atoms with Gasteiger partial charge in [0.05, 0.1) is 6.10 Å². The molecule has 2 aromatic rings. The Morgan fingerprint density at radius 2 is 2.05 bits per heavy atom. The first kappa shape index (κ1) is 15.0. The largest absolute Gasteiger partial charge is 0.388 e. The molecule has 0 spiro atoms. The van der Waals surface area contributed by atoms with Gasteiger partial charge in [-0.15, -0.1) is 0 Å². The van der Waals surface area contributed by atoms with Crippen LogP contribution in [-0.2, 0) is 6.42 Å². The summed E-state index contributed by atoms with van der Waals surface area (Å²) in [5, 5.41) is 10.5. The predicted molar refractivity (Wildman–Crippen MR) is 90.8 cm³/mol. The lowest BCUT2D eigenvalue weighted by Gasteiger charge is -2.27. The van der Waals surface area contributed by atoms with Crippen molar-refractivity contribution < 1.29 is 9.50 Å². The second kappa shape index (κ2) is 6.44. The number of fused-ring (bicyclic) bond motifs is 1. The first-order valence-electron chi connectivity index (χ1n) is 7.36. The molecule has 0 fully saturated rings. The number of aliphatic hydroxyl groups is 1. The molecule has 0 saturated carbocycles. The van der Waals surface area contributed by atoms with Crippen LogP contribution in [0.1, 0.15) is 48.0 Å². The van der Waals surface area contributed by atoms with Gasteiger partial charge in [0.25, 0.3) is 0 Å². The Kier molecular flexibility index (Phi) is 4.60. The number of benzene rings is 2. The summed E-state index contributed by atoms with van der Waals surface area (Å²) in [5.74, 6) is 0.143. The second-order valence-corrected chi connectivity index (χ2v) is 6.87. The van der Waals surface area contributed by atoms with Gasteiger partial charge in [-0.3, -0.25) is 0 Å². The van der Waals surface area contributed by atoms with Crippen molar-refractivity contribution in [1.29, 1.82) is 0 Å². The van der Waals surface area contributed by atoms with Gasteiger partial charge in [0, 0.05) is 3.57 Å². The van der Waals surface area contributed by atoms with Crippen molar-refractivity contribution in [2.45, 2.75) is 37.7 Å². The normalized spacial score (nSPS) is 19.1. The van der Waals surface area contributed by atoms with Crippen molar-refractivity contribution in [3.63, 3.8) is 0 Å². The summed E-state index contributed by atoms with van der Waals surface area (Å²) in [4.78, 5) is 0. The molecule has 1 nitrogen and oxygen atoms in total.